The van der Waals surface area contributed by atoms with Gasteiger partial charge in [0.2, 0.25) is 0 Å². The van der Waals surface area contributed by atoms with E-state index in [9.17, 15) is 9.36 Å². The van der Waals surface area contributed by atoms with Crippen molar-refractivity contribution in [1.29, 1.82) is 0 Å². The molecule has 7 nitrogen and oxygen atoms in total. The van der Waals surface area contributed by atoms with Gasteiger partial charge in [0.15, 0.2) is 0 Å². The molecule has 0 aliphatic rings. The van der Waals surface area contributed by atoms with E-state index >= 15 is 0 Å². The third kappa shape index (κ3) is 10.8. The maximum atomic E-state index is 10.9. The van der Waals surface area contributed by atoms with E-state index in [4.69, 9.17) is 21.3 Å². The van der Waals surface area contributed by atoms with Gasteiger partial charge in [0.05, 0.1) is 0 Å². The van der Waals surface area contributed by atoms with Crippen LogP contribution in [-0.4, -0.2) is 28.3 Å². The molecule has 0 spiro atoms. The van der Waals surface area contributed by atoms with Gasteiger partial charge in [0, 0.05) is 0 Å². The number of phosphoric ester groups is 1. The van der Waals surface area contributed by atoms with Crippen LogP contribution in [0.15, 0.2) is 0 Å². The van der Waals surface area contributed by atoms with Crippen molar-refractivity contribution in [2.24, 2.45) is 11.5 Å². The van der Waals surface area contributed by atoms with E-state index in [2.05, 4.69) is 4.52 Å². The van der Waals surface area contributed by atoms with Crippen molar-refractivity contribution in [3.05, 3.63) is 0 Å². The molecule has 0 bridgehead atoms. The number of hydrogen-bond acceptors (Lipinski definition) is 5. The maximum Gasteiger partial charge on any atom is 1.00 e. The zero-order valence-electron chi connectivity index (χ0n) is 9.63. The maximum absolute atomic E-state index is 10.9. The number of carbonyl (C=O) groups is 1. The number of carbonyl (C=O) groups excluding carboxylic acids is 1. The van der Waals surface area contributed by atoms with E-state index in [0.29, 0.717) is 25.8 Å². The van der Waals surface area contributed by atoms with Crippen molar-refractivity contribution in [2.45, 2.75) is 25.3 Å². The molecule has 6 N–H and O–H groups in total. The molecular formula is C6H16N2NaO5P. The topological polar surface area (TPSA) is 136 Å². The van der Waals surface area contributed by atoms with Crippen molar-refractivity contribution < 1.29 is 54.7 Å². The Kier molecular flexibility index (Phi) is 10.4. The fourth-order valence-corrected chi connectivity index (χ4v) is 1.18. The van der Waals surface area contributed by atoms with Crippen LogP contribution in [0.1, 0.15) is 20.7 Å². The Hall–Kier alpha value is 0.540. The smallest absolute Gasteiger partial charge is 1.00 e. The number of unbranched alkanes of at least 4 members (excludes halogenated alkanes) is 1. The van der Waals surface area contributed by atoms with Gasteiger partial charge >= 0.3 is 43.3 Å². The summed E-state index contributed by atoms with van der Waals surface area (Å²) >= 11 is 0. The number of hydrogen-bond donors (Lipinski definition) is 4. The summed E-state index contributed by atoms with van der Waals surface area (Å²) in [4.78, 5) is 27.5. The molecule has 0 saturated heterocycles. The Bertz CT molecular complexity index is 239. The van der Waals surface area contributed by atoms with Gasteiger partial charge in [0.25, 0.3) is 0 Å². The van der Waals surface area contributed by atoms with Crippen molar-refractivity contribution in [1.82, 2.24) is 0 Å². The van der Waals surface area contributed by atoms with Gasteiger partial charge in [0.1, 0.15) is 6.04 Å². The summed E-state index contributed by atoms with van der Waals surface area (Å²) in [6.45, 7) is 0.486. The molecule has 0 heterocycles. The van der Waals surface area contributed by atoms with E-state index in [1.807, 2.05) is 0 Å². The van der Waals surface area contributed by atoms with E-state index in [0.717, 1.165) is 0 Å². The van der Waals surface area contributed by atoms with Crippen LogP contribution in [0.4, 0.5) is 0 Å². The predicted octanol–water partition coefficient (Wildman–Crippen LogP) is -3.80. The van der Waals surface area contributed by atoms with E-state index < -0.39 is 19.8 Å². The molecule has 0 saturated carbocycles. The molecule has 0 aromatic rings. The minimum atomic E-state index is -4.77. The largest absolute Gasteiger partial charge is 1.00 e. The Balaban J connectivity index is -0.000000845. The van der Waals surface area contributed by atoms with Gasteiger partial charge in [-0.05, 0) is 19.4 Å². The second kappa shape index (κ2) is 8.66. The van der Waals surface area contributed by atoms with Crippen LogP contribution in [0.3, 0.4) is 0 Å². The molecular weight excluding hydrogens is 234 g/mol. The summed E-state index contributed by atoms with van der Waals surface area (Å²) in [6, 6.07) is -1.01. The zero-order valence-corrected chi connectivity index (χ0v) is 11.5. The molecule has 0 fully saturated rings. The SMILES string of the molecule is NCCCC[C@H](N)C(=O)OP(=O)(O)O.[H-].[Na+]. The minimum Gasteiger partial charge on any atom is -1.00 e. The average Bonchev–Trinajstić information content (AvgIpc) is 2.01. The molecule has 0 aromatic carbocycles. The number of phosphoric acid groups is 1. The van der Waals surface area contributed by atoms with Crippen molar-refractivity contribution in [3.63, 3.8) is 0 Å². The van der Waals surface area contributed by atoms with E-state index in [1.54, 1.807) is 0 Å². The van der Waals surface area contributed by atoms with Gasteiger partial charge in [-0.25, -0.2) is 9.36 Å². The molecule has 0 unspecified atom stereocenters. The molecule has 1 atom stereocenters. The average molecular weight is 250 g/mol. The minimum absolute atomic E-state index is 0. The molecule has 15 heavy (non-hydrogen) atoms. The Labute approximate surface area is 112 Å². The van der Waals surface area contributed by atoms with Gasteiger partial charge in [-0.1, -0.05) is 6.42 Å². The van der Waals surface area contributed by atoms with Crippen LogP contribution in [0.25, 0.3) is 0 Å². The monoisotopic (exact) mass is 250 g/mol. The number of rotatable bonds is 6. The first kappa shape index (κ1) is 17.9. The Morgan fingerprint density at radius 2 is 2.00 bits per heavy atom. The molecule has 0 rings (SSSR count). The van der Waals surface area contributed by atoms with Gasteiger partial charge in [-0.3, -0.25) is 9.79 Å². The van der Waals surface area contributed by atoms with Crippen LogP contribution in [0.2, 0.25) is 0 Å². The fraction of sp³-hybridized carbons (Fsp3) is 0.833. The van der Waals surface area contributed by atoms with Gasteiger partial charge in [-0.15, -0.1) is 0 Å². The predicted molar refractivity (Wildman–Crippen MR) is 50.1 cm³/mol. The van der Waals surface area contributed by atoms with E-state index in [1.165, 1.54) is 0 Å². The summed E-state index contributed by atoms with van der Waals surface area (Å²) in [5.74, 6) is -1.09. The molecule has 86 valence electrons. The fourth-order valence-electron chi connectivity index (χ4n) is 0.811. The first-order valence-electron chi connectivity index (χ1n) is 4.11. The van der Waals surface area contributed by atoms with Crippen molar-refractivity contribution in [2.75, 3.05) is 6.54 Å². The van der Waals surface area contributed by atoms with Crippen LogP contribution in [0.5, 0.6) is 0 Å². The molecule has 0 aliphatic carbocycles. The second-order valence-electron chi connectivity index (χ2n) is 2.79. The van der Waals surface area contributed by atoms with Crippen LogP contribution >= 0.6 is 7.82 Å². The standard InChI is InChI=1S/C6H15N2O5P.Na.H/c7-4-2-1-3-5(8)6(9)13-14(10,11)12;;/h5H,1-4,7-8H2,(H2,10,11,12);;/q;+1;-1/t5-;;/m0../s1. The third-order valence-corrected chi connectivity index (χ3v) is 1.90. The van der Waals surface area contributed by atoms with Crippen molar-refractivity contribution in [3.8, 4) is 0 Å². The van der Waals surface area contributed by atoms with Crippen molar-refractivity contribution >= 4 is 13.8 Å². The summed E-state index contributed by atoms with van der Waals surface area (Å²) in [5, 5.41) is 0. The summed E-state index contributed by atoms with van der Waals surface area (Å²) in [5.41, 5.74) is 10.5. The summed E-state index contributed by atoms with van der Waals surface area (Å²) in [6.07, 6.45) is 1.63. The molecule has 0 amide bonds. The van der Waals surface area contributed by atoms with Gasteiger partial charge in [-0.2, -0.15) is 0 Å². The van der Waals surface area contributed by atoms with Crippen LogP contribution in [0, 0.1) is 0 Å². The molecule has 0 radical (unpaired) electrons. The molecule has 0 aliphatic heterocycles. The van der Waals surface area contributed by atoms with Crippen LogP contribution < -0.4 is 41.0 Å². The zero-order chi connectivity index (χ0) is 11.2. The number of nitrogens with two attached hydrogens (primary N) is 2. The molecule has 0 aromatic heterocycles. The van der Waals surface area contributed by atoms with Gasteiger partial charge < -0.3 is 17.4 Å². The second-order valence-corrected chi connectivity index (χ2v) is 3.96. The Morgan fingerprint density at radius 1 is 1.47 bits per heavy atom. The Morgan fingerprint density at radius 3 is 2.40 bits per heavy atom. The normalized spacial score (nSPS) is 12.8. The first-order valence-corrected chi connectivity index (χ1v) is 5.64. The van der Waals surface area contributed by atoms with Crippen LogP contribution in [-0.2, 0) is 13.9 Å². The first-order chi connectivity index (χ1) is 6.37. The quantitative estimate of drug-likeness (QED) is 0.215. The molecule has 9 heteroatoms. The summed E-state index contributed by atoms with van der Waals surface area (Å²) < 4.78 is 14.1. The van der Waals surface area contributed by atoms with E-state index in [-0.39, 0.29) is 31.0 Å². The third-order valence-electron chi connectivity index (χ3n) is 1.48. The summed E-state index contributed by atoms with van der Waals surface area (Å²) in [7, 11) is -4.77.